The van der Waals surface area contributed by atoms with Crippen LogP contribution in [-0.4, -0.2) is 5.78 Å². The van der Waals surface area contributed by atoms with Gasteiger partial charge in [-0.15, -0.1) is 0 Å². The Labute approximate surface area is 105 Å². The van der Waals surface area contributed by atoms with Crippen molar-refractivity contribution in [2.75, 3.05) is 0 Å². The molecule has 0 N–H and O–H groups in total. The summed E-state index contributed by atoms with van der Waals surface area (Å²) in [6, 6.07) is 0. The van der Waals surface area contributed by atoms with Crippen molar-refractivity contribution < 1.29 is 4.79 Å². The quantitative estimate of drug-likeness (QED) is 0.688. The maximum Gasteiger partial charge on any atom is 0.134 e. The maximum absolute atomic E-state index is 11.6. The molecule has 0 aromatic rings. The lowest BCUT2D eigenvalue weighted by Crippen LogP contribution is -2.39. The van der Waals surface area contributed by atoms with E-state index in [0.29, 0.717) is 17.2 Å². The van der Waals surface area contributed by atoms with Gasteiger partial charge in [0.1, 0.15) is 10.3 Å². The largest absolute Gasteiger partial charge is 0.300 e. The Morgan fingerprint density at radius 2 is 1.93 bits per heavy atom. The summed E-state index contributed by atoms with van der Waals surface area (Å²) in [5.41, 5.74) is 0.226. The lowest BCUT2D eigenvalue weighted by Gasteiger charge is -2.46. The van der Waals surface area contributed by atoms with Crippen LogP contribution in [0.3, 0.4) is 0 Å². The Hall–Kier alpha value is 0.280. The van der Waals surface area contributed by atoms with Crippen molar-refractivity contribution in [3.8, 4) is 0 Å². The molecule has 2 rings (SSSR count). The van der Waals surface area contributed by atoms with Gasteiger partial charge in [-0.2, -0.15) is 0 Å². The van der Waals surface area contributed by atoms with E-state index in [-0.39, 0.29) is 15.8 Å². The molecule has 0 radical (unpaired) electrons. The third kappa shape index (κ3) is 2.35. The van der Waals surface area contributed by atoms with Gasteiger partial charge >= 0.3 is 0 Å². The van der Waals surface area contributed by atoms with Gasteiger partial charge in [0.2, 0.25) is 0 Å². The standard InChI is InChI=1S/C11H13Cl3O/c12-9(10(13)14)7-4-8(15)6-11(5-7)2-1-3-11/h7H,1-6H2. The van der Waals surface area contributed by atoms with Gasteiger partial charge in [-0.1, -0.05) is 41.2 Å². The van der Waals surface area contributed by atoms with E-state index in [0.717, 1.165) is 25.7 Å². The maximum atomic E-state index is 11.6. The molecule has 1 nitrogen and oxygen atoms in total. The Balaban J connectivity index is 2.14. The van der Waals surface area contributed by atoms with Crippen molar-refractivity contribution in [1.29, 1.82) is 0 Å². The molecule has 1 atom stereocenters. The van der Waals surface area contributed by atoms with E-state index in [2.05, 4.69) is 0 Å². The predicted molar refractivity (Wildman–Crippen MR) is 63.2 cm³/mol. The number of hydrogen-bond donors (Lipinski definition) is 0. The Bertz CT molecular complexity index is 314. The third-order valence-corrected chi connectivity index (χ3v) is 4.78. The molecule has 0 amide bonds. The predicted octanol–water partition coefficient (Wildman–Crippen LogP) is 4.41. The second-order valence-corrected chi connectivity index (χ2v) is 6.14. The van der Waals surface area contributed by atoms with E-state index in [4.69, 9.17) is 34.8 Å². The van der Waals surface area contributed by atoms with Gasteiger partial charge < -0.3 is 0 Å². The lowest BCUT2D eigenvalue weighted by atomic mass is 9.58. The second-order valence-electron chi connectivity index (χ2n) is 4.78. The molecule has 0 bridgehead atoms. The average molecular weight is 268 g/mol. The Kier molecular flexibility index (Phi) is 3.35. The molecule has 0 heterocycles. The van der Waals surface area contributed by atoms with Crippen molar-refractivity contribution in [1.82, 2.24) is 0 Å². The minimum Gasteiger partial charge on any atom is -0.300 e. The minimum atomic E-state index is 0.0539. The first-order valence-electron chi connectivity index (χ1n) is 5.25. The number of halogens is 3. The first-order valence-corrected chi connectivity index (χ1v) is 6.38. The summed E-state index contributed by atoms with van der Waals surface area (Å²) in [6.07, 6.45) is 5.74. The molecule has 0 aromatic heterocycles. The van der Waals surface area contributed by atoms with Crippen LogP contribution in [0.2, 0.25) is 0 Å². The first kappa shape index (κ1) is 11.8. The van der Waals surface area contributed by atoms with Crippen LogP contribution in [0.5, 0.6) is 0 Å². The molecule has 0 saturated heterocycles. The van der Waals surface area contributed by atoms with Gasteiger partial charge in [0.05, 0.1) is 5.03 Å². The number of allylic oxidation sites excluding steroid dienone is 1. The van der Waals surface area contributed by atoms with Crippen molar-refractivity contribution >= 4 is 40.6 Å². The summed E-state index contributed by atoms with van der Waals surface area (Å²) in [6.45, 7) is 0. The van der Waals surface area contributed by atoms with Crippen molar-refractivity contribution in [3.63, 3.8) is 0 Å². The van der Waals surface area contributed by atoms with Gasteiger partial charge in [-0.25, -0.2) is 0 Å². The normalized spacial score (nSPS) is 28.7. The fourth-order valence-electron chi connectivity index (χ4n) is 2.82. The second kappa shape index (κ2) is 4.27. The summed E-state index contributed by atoms with van der Waals surface area (Å²) in [5.74, 6) is 0.358. The van der Waals surface area contributed by atoms with Crippen LogP contribution in [0, 0.1) is 11.3 Å². The SMILES string of the molecule is O=C1CC(C(Cl)=C(Cl)Cl)CC2(CCC2)C1. The van der Waals surface area contributed by atoms with Gasteiger partial charge in [0, 0.05) is 18.8 Å². The van der Waals surface area contributed by atoms with Gasteiger partial charge in [0.15, 0.2) is 0 Å². The molecule has 15 heavy (non-hydrogen) atoms. The molecular weight excluding hydrogens is 254 g/mol. The molecule has 2 saturated carbocycles. The first-order chi connectivity index (χ1) is 7.02. The van der Waals surface area contributed by atoms with E-state index in [9.17, 15) is 4.79 Å². The molecular formula is C11H13Cl3O. The highest BCUT2D eigenvalue weighted by molar-refractivity contribution is 6.59. The van der Waals surface area contributed by atoms with Gasteiger partial charge in [0.25, 0.3) is 0 Å². The minimum absolute atomic E-state index is 0.0539. The molecule has 0 aliphatic heterocycles. The zero-order valence-corrected chi connectivity index (χ0v) is 10.6. The lowest BCUT2D eigenvalue weighted by molar-refractivity contribution is -0.127. The molecule has 1 spiro atoms. The fraction of sp³-hybridized carbons (Fsp3) is 0.727. The summed E-state index contributed by atoms with van der Waals surface area (Å²) in [4.78, 5) is 11.6. The Morgan fingerprint density at radius 3 is 2.40 bits per heavy atom. The molecule has 4 heteroatoms. The number of ketones is 1. The molecule has 84 valence electrons. The third-order valence-electron chi connectivity index (χ3n) is 3.68. The van der Waals surface area contributed by atoms with Crippen LogP contribution in [0.15, 0.2) is 9.52 Å². The number of carbonyl (C=O) groups is 1. The smallest absolute Gasteiger partial charge is 0.134 e. The van der Waals surface area contributed by atoms with Gasteiger partial charge in [-0.3, -0.25) is 4.79 Å². The van der Waals surface area contributed by atoms with Crippen LogP contribution >= 0.6 is 34.8 Å². The topological polar surface area (TPSA) is 17.1 Å². The molecule has 2 aliphatic carbocycles. The van der Waals surface area contributed by atoms with E-state index >= 15 is 0 Å². The van der Waals surface area contributed by atoms with Crippen LogP contribution in [0.1, 0.15) is 38.5 Å². The van der Waals surface area contributed by atoms with E-state index in [1.54, 1.807) is 0 Å². The average Bonchev–Trinajstić information content (AvgIpc) is 2.13. The molecule has 1 unspecified atom stereocenters. The van der Waals surface area contributed by atoms with Crippen LogP contribution < -0.4 is 0 Å². The summed E-state index contributed by atoms with van der Waals surface area (Å²) < 4.78 is 0.117. The van der Waals surface area contributed by atoms with Crippen LogP contribution in [-0.2, 0) is 4.79 Å². The fourth-order valence-corrected chi connectivity index (χ4v) is 3.29. The number of hydrogen-bond acceptors (Lipinski definition) is 1. The zero-order valence-electron chi connectivity index (χ0n) is 8.36. The van der Waals surface area contributed by atoms with E-state index in [1.165, 1.54) is 6.42 Å². The number of carbonyl (C=O) groups excluding carboxylic acids is 1. The summed E-state index contributed by atoms with van der Waals surface area (Å²) in [7, 11) is 0. The monoisotopic (exact) mass is 266 g/mol. The highest BCUT2D eigenvalue weighted by Crippen LogP contribution is 2.54. The van der Waals surface area contributed by atoms with Crippen molar-refractivity contribution in [2.24, 2.45) is 11.3 Å². The number of Topliss-reactive ketones (excluding diaryl/α,β-unsaturated/α-hetero) is 1. The van der Waals surface area contributed by atoms with E-state index in [1.807, 2.05) is 0 Å². The van der Waals surface area contributed by atoms with Crippen LogP contribution in [0.25, 0.3) is 0 Å². The molecule has 2 fully saturated rings. The van der Waals surface area contributed by atoms with Crippen molar-refractivity contribution in [3.05, 3.63) is 9.52 Å². The highest BCUT2D eigenvalue weighted by Gasteiger charge is 2.45. The Morgan fingerprint density at radius 1 is 1.27 bits per heavy atom. The summed E-state index contributed by atoms with van der Waals surface area (Å²) in [5, 5.41) is 0.470. The summed E-state index contributed by atoms with van der Waals surface area (Å²) >= 11 is 17.4. The van der Waals surface area contributed by atoms with Crippen molar-refractivity contribution in [2.45, 2.75) is 38.5 Å². The molecule has 0 aromatic carbocycles. The zero-order chi connectivity index (χ0) is 11.1. The highest BCUT2D eigenvalue weighted by atomic mass is 35.5. The van der Waals surface area contributed by atoms with Crippen LogP contribution in [0.4, 0.5) is 0 Å². The van der Waals surface area contributed by atoms with Gasteiger partial charge in [-0.05, 0) is 24.7 Å². The van der Waals surface area contributed by atoms with E-state index < -0.39 is 0 Å². The number of rotatable bonds is 1. The molecule has 2 aliphatic rings.